The Morgan fingerprint density at radius 2 is 1.59 bits per heavy atom. The standard InChI is InChI=1S/C28H31F3N4O2/c1-20-15-24(34-13-11-33(12-14-34)17-22-7-9-32-10-8-22)16-23-19-35(27(36-2)26(20)23)18-21-3-5-25(6-4-21)37-28(29,30)31/h3-10,15-16,27H,11-14,17-19H2,1-2H3. The van der Waals surface area contributed by atoms with E-state index in [0.717, 1.165) is 38.3 Å². The lowest BCUT2D eigenvalue weighted by molar-refractivity contribution is -0.274. The molecular formula is C28H31F3N4O2. The van der Waals surface area contributed by atoms with Crippen LogP contribution in [0.15, 0.2) is 60.9 Å². The van der Waals surface area contributed by atoms with Crippen molar-refractivity contribution in [3.05, 3.63) is 88.7 Å². The number of aryl methyl sites for hydroxylation is 1. The molecule has 0 radical (unpaired) electrons. The van der Waals surface area contributed by atoms with Gasteiger partial charge in [-0.05, 0) is 65.6 Å². The molecule has 0 amide bonds. The smallest absolute Gasteiger partial charge is 0.406 e. The summed E-state index contributed by atoms with van der Waals surface area (Å²) in [5.41, 5.74) is 7.01. The first kappa shape index (κ1) is 25.5. The molecule has 5 rings (SSSR count). The number of hydrogen-bond acceptors (Lipinski definition) is 6. The van der Waals surface area contributed by atoms with Crippen LogP contribution in [0.25, 0.3) is 0 Å². The molecule has 2 aliphatic rings. The molecule has 6 nitrogen and oxygen atoms in total. The summed E-state index contributed by atoms with van der Waals surface area (Å²) in [6, 6.07) is 14.7. The van der Waals surface area contributed by atoms with Crippen LogP contribution in [0.5, 0.6) is 5.75 Å². The van der Waals surface area contributed by atoms with Crippen molar-refractivity contribution in [2.24, 2.45) is 0 Å². The van der Waals surface area contributed by atoms with Crippen molar-refractivity contribution in [3.8, 4) is 5.75 Å². The van der Waals surface area contributed by atoms with Crippen LogP contribution in [-0.2, 0) is 24.4 Å². The predicted octanol–water partition coefficient (Wildman–Crippen LogP) is 5.27. The summed E-state index contributed by atoms with van der Waals surface area (Å²) in [7, 11) is 1.70. The van der Waals surface area contributed by atoms with Crippen molar-refractivity contribution < 1.29 is 22.6 Å². The minimum Gasteiger partial charge on any atom is -0.406 e. The summed E-state index contributed by atoms with van der Waals surface area (Å²) >= 11 is 0. The summed E-state index contributed by atoms with van der Waals surface area (Å²) < 4.78 is 47.3. The van der Waals surface area contributed by atoms with E-state index >= 15 is 0 Å². The fourth-order valence-corrected chi connectivity index (χ4v) is 5.35. The molecule has 2 aliphatic heterocycles. The van der Waals surface area contributed by atoms with Gasteiger partial charge in [-0.2, -0.15) is 0 Å². The Kier molecular flexibility index (Phi) is 7.37. The minimum atomic E-state index is -4.69. The Labute approximate surface area is 215 Å². The molecule has 0 saturated carbocycles. The molecule has 3 heterocycles. The molecule has 3 aromatic rings. The number of benzene rings is 2. The second-order valence-electron chi connectivity index (χ2n) is 9.64. The van der Waals surface area contributed by atoms with Crippen molar-refractivity contribution in [2.75, 3.05) is 38.2 Å². The Bertz CT molecular complexity index is 1200. The van der Waals surface area contributed by atoms with Gasteiger partial charge in [-0.15, -0.1) is 13.2 Å². The predicted molar refractivity (Wildman–Crippen MR) is 135 cm³/mol. The highest BCUT2D eigenvalue weighted by Gasteiger charge is 2.33. The van der Waals surface area contributed by atoms with Crippen LogP contribution in [0.3, 0.4) is 0 Å². The Hall–Kier alpha value is -3.14. The van der Waals surface area contributed by atoms with E-state index < -0.39 is 6.36 Å². The molecule has 2 aromatic carbocycles. The van der Waals surface area contributed by atoms with Gasteiger partial charge in [0.2, 0.25) is 0 Å². The van der Waals surface area contributed by atoms with Gasteiger partial charge in [-0.25, -0.2) is 0 Å². The van der Waals surface area contributed by atoms with E-state index in [1.165, 1.54) is 40.1 Å². The lowest BCUT2D eigenvalue weighted by Gasteiger charge is -2.36. The van der Waals surface area contributed by atoms with Crippen molar-refractivity contribution in [3.63, 3.8) is 0 Å². The average molecular weight is 513 g/mol. The third-order valence-electron chi connectivity index (χ3n) is 7.07. The van der Waals surface area contributed by atoms with Gasteiger partial charge >= 0.3 is 6.36 Å². The minimum absolute atomic E-state index is 0.202. The number of nitrogens with zero attached hydrogens (tertiary/aromatic N) is 4. The highest BCUT2D eigenvalue weighted by molar-refractivity contribution is 5.56. The van der Waals surface area contributed by atoms with Crippen LogP contribution in [0.2, 0.25) is 0 Å². The normalized spacial score (nSPS) is 18.7. The van der Waals surface area contributed by atoms with E-state index in [0.29, 0.717) is 13.1 Å². The molecular weight excluding hydrogens is 481 g/mol. The largest absolute Gasteiger partial charge is 0.573 e. The third-order valence-corrected chi connectivity index (χ3v) is 7.07. The van der Waals surface area contributed by atoms with Crippen LogP contribution in [0.4, 0.5) is 18.9 Å². The fourth-order valence-electron chi connectivity index (χ4n) is 5.35. The molecule has 37 heavy (non-hydrogen) atoms. The first-order valence-corrected chi connectivity index (χ1v) is 12.4. The maximum absolute atomic E-state index is 12.5. The van der Waals surface area contributed by atoms with Crippen LogP contribution in [0, 0.1) is 6.92 Å². The Morgan fingerprint density at radius 1 is 0.919 bits per heavy atom. The summed E-state index contributed by atoms with van der Waals surface area (Å²) in [5.74, 6) is -0.217. The zero-order valence-corrected chi connectivity index (χ0v) is 21.0. The van der Waals surface area contributed by atoms with E-state index in [2.05, 4.69) is 55.6 Å². The SMILES string of the molecule is COC1c2c(C)cc(N3CCN(Cc4ccncc4)CC3)cc2CN1Cc1ccc(OC(F)(F)F)cc1. The topological polar surface area (TPSA) is 41.1 Å². The van der Waals surface area contributed by atoms with Gasteiger partial charge < -0.3 is 14.4 Å². The number of rotatable bonds is 7. The number of hydrogen-bond donors (Lipinski definition) is 0. The van der Waals surface area contributed by atoms with Gasteiger partial charge in [-0.3, -0.25) is 14.8 Å². The summed E-state index contributed by atoms with van der Waals surface area (Å²) in [6.45, 7) is 8.26. The zero-order valence-electron chi connectivity index (χ0n) is 21.0. The maximum Gasteiger partial charge on any atom is 0.573 e. The molecule has 196 valence electrons. The zero-order chi connectivity index (χ0) is 26.0. The second-order valence-corrected chi connectivity index (χ2v) is 9.64. The molecule has 0 aliphatic carbocycles. The average Bonchev–Trinajstić information content (AvgIpc) is 3.23. The van der Waals surface area contributed by atoms with Crippen molar-refractivity contribution in [2.45, 2.75) is 39.1 Å². The van der Waals surface area contributed by atoms with Crippen LogP contribution < -0.4 is 9.64 Å². The van der Waals surface area contributed by atoms with E-state index in [1.54, 1.807) is 19.2 Å². The lowest BCUT2D eigenvalue weighted by Crippen LogP contribution is -2.46. The van der Waals surface area contributed by atoms with E-state index in [1.807, 2.05) is 12.4 Å². The van der Waals surface area contributed by atoms with Crippen LogP contribution in [-0.4, -0.2) is 54.4 Å². The monoisotopic (exact) mass is 512 g/mol. The third kappa shape index (κ3) is 6.06. The number of halogens is 3. The molecule has 0 N–H and O–H groups in total. The van der Waals surface area contributed by atoms with Gasteiger partial charge in [0.25, 0.3) is 0 Å². The lowest BCUT2D eigenvalue weighted by atomic mass is 10.0. The van der Waals surface area contributed by atoms with E-state index in [-0.39, 0.29) is 12.0 Å². The van der Waals surface area contributed by atoms with Crippen LogP contribution in [0.1, 0.15) is 34.0 Å². The summed E-state index contributed by atoms with van der Waals surface area (Å²) in [4.78, 5) is 11.2. The van der Waals surface area contributed by atoms with Crippen molar-refractivity contribution >= 4 is 5.69 Å². The number of methoxy groups -OCH3 is 1. The number of fused-ring (bicyclic) bond motifs is 1. The van der Waals surface area contributed by atoms with Gasteiger partial charge in [0, 0.05) is 76.6 Å². The first-order chi connectivity index (χ1) is 17.8. The molecule has 1 unspecified atom stereocenters. The number of piperazine rings is 1. The molecule has 1 atom stereocenters. The van der Waals surface area contributed by atoms with Gasteiger partial charge in [-0.1, -0.05) is 12.1 Å². The van der Waals surface area contributed by atoms with E-state index in [9.17, 15) is 13.2 Å². The molecule has 1 fully saturated rings. The van der Waals surface area contributed by atoms with Crippen molar-refractivity contribution in [1.29, 1.82) is 0 Å². The van der Waals surface area contributed by atoms with Crippen LogP contribution >= 0.6 is 0 Å². The van der Waals surface area contributed by atoms with Gasteiger partial charge in [0.1, 0.15) is 12.0 Å². The van der Waals surface area contributed by atoms with Gasteiger partial charge in [0.15, 0.2) is 0 Å². The highest BCUT2D eigenvalue weighted by atomic mass is 19.4. The molecule has 9 heteroatoms. The second kappa shape index (κ2) is 10.7. The Balaban J connectivity index is 1.24. The molecule has 0 spiro atoms. The quantitative estimate of drug-likeness (QED) is 0.430. The number of pyridine rings is 1. The Morgan fingerprint density at radius 3 is 2.24 bits per heavy atom. The number of aromatic nitrogens is 1. The first-order valence-electron chi connectivity index (χ1n) is 12.4. The van der Waals surface area contributed by atoms with E-state index in [4.69, 9.17) is 4.74 Å². The fraction of sp³-hybridized carbons (Fsp3) is 0.393. The number of anilines is 1. The molecule has 1 aromatic heterocycles. The number of ether oxygens (including phenoxy) is 2. The molecule has 1 saturated heterocycles. The summed E-state index contributed by atoms with van der Waals surface area (Å²) in [6.07, 6.45) is -1.21. The highest BCUT2D eigenvalue weighted by Crippen LogP contribution is 2.40. The summed E-state index contributed by atoms with van der Waals surface area (Å²) in [5, 5.41) is 0. The van der Waals surface area contributed by atoms with Crippen molar-refractivity contribution in [1.82, 2.24) is 14.8 Å². The maximum atomic E-state index is 12.5. The molecule has 0 bridgehead atoms. The van der Waals surface area contributed by atoms with Gasteiger partial charge in [0.05, 0.1) is 0 Å². The number of alkyl halides is 3.